The zero-order chi connectivity index (χ0) is 21.2. The van der Waals surface area contributed by atoms with Gasteiger partial charge in [-0.15, -0.1) is 0 Å². The molecule has 3 rings (SSSR count). The summed E-state index contributed by atoms with van der Waals surface area (Å²) in [6.07, 6.45) is 0. The first-order chi connectivity index (χ1) is 13.7. The Balaban J connectivity index is 1.74. The highest BCUT2D eigenvalue weighted by molar-refractivity contribution is 7.89. The molecule has 0 saturated heterocycles. The number of aryl methyl sites for hydroxylation is 1. The van der Waals surface area contributed by atoms with E-state index in [4.69, 9.17) is 0 Å². The fourth-order valence-electron chi connectivity index (χ4n) is 3.00. The Morgan fingerprint density at radius 1 is 1.14 bits per heavy atom. The van der Waals surface area contributed by atoms with Gasteiger partial charge in [0.05, 0.1) is 18.1 Å². The molecule has 0 aliphatic carbocycles. The predicted molar refractivity (Wildman–Crippen MR) is 107 cm³/mol. The lowest BCUT2D eigenvalue weighted by Gasteiger charge is -2.22. The largest absolute Gasteiger partial charge is 0.337 e. The topological polar surface area (TPSA) is 92.3 Å². The number of halogens is 1. The van der Waals surface area contributed by atoms with Gasteiger partial charge in [0.1, 0.15) is 16.5 Å². The molecule has 29 heavy (non-hydrogen) atoms. The predicted octanol–water partition coefficient (Wildman–Crippen LogP) is 2.40. The van der Waals surface area contributed by atoms with Crippen molar-refractivity contribution in [2.75, 3.05) is 7.05 Å². The van der Waals surface area contributed by atoms with Crippen LogP contribution in [0.4, 0.5) is 4.39 Å². The molecule has 7 nitrogen and oxygen atoms in total. The van der Waals surface area contributed by atoms with E-state index in [1.807, 2.05) is 31.2 Å². The number of amides is 1. The van der Waals surface area contributed by atoms with Gasteiger partial charge in [-0.05, 0) is 32.0 Å². The first kappa shape index (κ1) is 20.8. The Bertz CT molecular complexity index is 1170. The molecule has 1 aromatic heterocycles. The minimum Gasteiger partial charge on any atom is -0.337 e. The number of nitrogens with zero attached hydrogens (tertiary/aromatic N) is 3. The third kappa shape index (κ3) is 4.57. The minimum atomic E-state index is -4.18. The standard InChI is InChI=1S/C20H21FN4O3S/c1-13-15-8-4-6-10-17(15)23-19(22-13)12-25(3)20(26)14(2)24-29(27,28)18-11-7-5-9-16(18)21/h4-11,14,24H,12H2,1-3H3/t14-/m0/s1. The van der Waals surface area contributed by atoms with Gasteiger partial charge in [0, 0.05) is 18.1 Å². The number of nitrogens with one attached hydrogen (secondary N) is 1. The molecule has 152 valence electrons. The molecular weight excluding hydrogens is 395 g/mol. The van der Waals surface area contributed by atoms with E-state index in [1.54, 1.807) is 0 Å². The second-order valence-corrected chi connectivity index (χ2v) is 8.39. The van der Waals surface area contributed by atoms with E-state index in [1.165, 1.54) is 31.0 Å². The molecule has 0 aliphatic rings. The van der Waals surface area contributed by atoms with Crippen LogP contribution in [0.2, 0.25) is 0 Å². The van der Waals surface area contributed by atoms with E-state index in [-0.39, 0.29) is 6.54 Å². The summed E-state index contributed by atoms with van der Waals surface area (Å²) in [6.45, 7) is 3.38. The van der Waals surface area contributed by atoms with Gasteiger partial charge < -0.3 is 4.90 Å². The molecule has 0 unspecified atom stereocenters. The number of likely N-dealkylation sites (N-methyl/N-ethyl adjacent to an activating group) is 1. The van der Waals surface area contributed by atoms with Gasteiger partial charge in [-0.1, -0.05) is 30.3 Å². The fourth-order valence-corrected chi connectivity index (χ4v) is 4.27. The number of carbonyl (C=O) groups excluding carboxylic acids is 1. The summed E-state index contributed by atoms with van der Waals surface area (Å²) in [4.78, 5) is 22.3. The van der Waals surface area contributed by atoms with Gasteiger partial charge >= 0.3 is 0 Å². The van der Waals surface area contributed by atoms with E-state index < -0.39 is 32.7 Å². The molecule has 1 N–H and O–H groups in total. The van der Waals surface area contributed by atoms with E-state index in [2.05, 4.69) is 14.7 Å². The summed E-state index contributed by atoms with van der Waals surface area (Å²) >= 11 is 0. The lowest BCUT2D eigenvalue weighted by Crippen LogP contribution is -2.45. The highest BCUT2D eigenvalue weighted by Crippen LogP contribution is 2.16. The molecule has 0 spiro atoms. The Morgan fingerprint density at radius 3 is 2.52 bits per heavy atom. The van der Waals surface area contributed by atoms with Gasteiger partial charge in [-0.25, -0.2) is 22.8 Å². The van der Waals surface area contributed by atoms with Gasteiger partial charge in [-0.2, -0.15) is 4.72 Å². The molecular formula is C20H21FN4O3S. The minimum absolute atomic E-state index is 0.107. The quantitative estimate of drug-likeness (QED) is 0.666. The monoisotopic (exact) mass is 416 g/mol. The van der Waals surface area contributed by atoms with E-state index >= 15 is 0 Å². The number of benzene rings is 2. The Kier molecular flexibility index (Phi) is 5.90. The molecule has 0 aliphatic heterocycles. The molecule has 9 heteroatoms. The first-order valence-electron chi connectivity index (χ1n) is 8.93. The van der Waals surface area contributed by atoms with Crippen molar-refractivity contribution in [3.05, 3.63) is 65.9 Å². The zero-order valence-corrected chi connectivity index (χ0v) is 17.1. The van der Waals surface area contributed by atoms with Crippen LogP contribution in [-0.4, -0.2) is 42.3 Å². The van der Waals surface area contributed by atoms with Gasteiger partial charge in [0.25, 0.3) is 0 Å². The second kappa shape index (κ2) is 8.22. The number of para-hydroxylation sites is 1. The van der Waals surface area contributed by atoms with Crippen LogP contribution in [0.3, 0.4) is 0 Å². The molecule has 0 fully saturated rings. The number of hydrogen-bond donors (Lipinski definition) is 1. The Hall–Kier alpha value is -2.91. The Morgan fingerprint density at radius 2 is 1.79 bits per heavy atom. The third-order valence-electron chi connectivity index (χ3n) is 4.42. The molecule has 2 aromatic carbocycles. The summed E-state index contributed by atoms with van der Waals surface area (Å²) in [5, 5.41) is 0.927. The maximum absolute atomic E-state index is 13.8. The van der Waals surface area contributed by atoms with Crippen molar-refractivity contribution >= 4 is 26.8 Å². The fraction of sp³-hybridized carbons (Fsp3) is 0.250. The van der Waals surface area contributed by atoms with Gasteiger partial charge in [0.15, 0.2) is 0 Å². The van der Waals surface area contributed by atoms with E-state index in [0.717, 1.165) is 28.7 Å². The van der Waals surface area contributed by atoms with Crippen molar-refractivity contribution in [3.8, 4) is 0 Å². The summed E-state index contributed by atoms with van der Waals surface area (Å²) in [5.41, 5.74) is 1.56. The number of sulfonamides is 1. The average Bonchev–Trinajstić information content (AvgIpc) is 2.67. The SMILES string of the molecule is Cc1nc(CN(C)C(=O)[C@H](C)NS(=O)(=O)c2ccccc2F)nc2ccccc12. The highest BCUT2D eigenvalue weighted by atomic mass is 32.2. The number of rotatable bonds is 6. The van der Waals surface area contributed by atoms with Crippen LogP contribution < -0.4 is 4.72 Å². The lowest BCUT2D eigenvalue weighted by molar-refractivity contribution is -0.131. The van der Waals surface area contributed by atoms with Crippen molar-refractivity contribution in [2.24, 2.45) is 0 Å². The molecule has 1 amide bonds. The molecule has 0 bridgehead atoms. The highest BCUT2D eigenvalue weighted by Gasteiger charge is 2.26. The molecule has 0 saturated carbocycles. The summed E-state index contributed by atoms with van der Waals surface area (Å²) < 4.78 is 40.8. The van der Waals surface area contributed by atoms with Crippen LogP contribution >= 0.6 is 0 Å². The maximum Gasteiger partial charge on any atom is 0.244 e. The van der Waals surface area contributed by atoms with Crippen LogP contribution in [0.5, 0.6) is 0 Å². The number of hydrogen-bond acceptors (Lipinski definition) is 5. The maximum atomic E-state index is 13.8. The zero-order valence-electron chi connectivity index (χ0n) is 16.3. The average molecular weight is 416 g/mol. The van der Waals surface area contributed by atoms with Gasteiger partial charge in [-0.3, -0.25) is 4.79 Å². The number of fused-ring (bicyclic) bond motifs is 1. The molecule has 1 heterocycles. The normalized spacial score (nSPS) is 12.7. The first-order valence-corrected chi connectivity index (χ1v) is 10.4. The second-order valence-electron chi connectivity index (χ2n) is 6.71. The van der Waals surface area contributed by atoms with Crippen molar-refractivity contribution in [1.29, 1.82) is 0 Å². The van der Waals surface area contributed by atoms with Crippen molar-refractivity contribution in [3.63, 3.8) is 0 Å². The number of aromatic nitrogens is 2. The van der Waals surface area contributed by atoms with Crippen LogP contribution in [0.15, 0.2) is 53.4 Å². The third-order valence-corrected chi connectivity index (χ3v) is 6.00. The Labute approximate surface area is 168 Å². The lowest BCUT2D eigenvalue weighted by atomic mass is 10.2. The summed E-state index contributed by atoms with van der Waals surface area (Å²) in [7, 11) is -2.65. The van der Waals surface area contributed by atoms with Crippen molar-refractivity contribution in [1.82, 2.24) is 19.6 Å². The smallest absolute Gasteiger partial charge is 0.244 e. The van der Waals surface area contributed by atoms with E-state index in [9.17, 15) is 17.6 Å². The summed E-state index contributed by atoms with van der Waals surface area (Å²) in [6, 6.07) is 11.5. The van der Waals surface area contributed by atoms with Crippen LogP contribution in [0.1, 0.15) is 18.4 Å². The molecule has 3 aromatic rings. The number of carbonyl (C=O) groups is 1. The molecule has 1 atom stereocenters. The molecule has 0 radical (unpaired) electrons. The van der Waals surface area contributed by atoms with Crippen LogP contribution in [0, 0.1) is 12.7 Å². The van der Waals surface area contributed by atoms with Crippen molar-refractivity contribution in [2.45, 2.75) is 31.3 Å². The van der Waals surface area contributed by atoms with Gasteiger partial charge in [0.2, 0.25) is 15.9 Å². The van der Waals surface area contributed by atoms with Crippen molar-refractivity contribution < 1.29 is 17.6 Å². The van der Waals surface area contributed by atoms with E-state index in [0.29, 0.717) is 5.82 Å². The van der Waals surface area contributed by atoms with Crippen LogP contribution in [-0.2, 0) is 21.4 Å². The van der Waals surface area contributed by atoms with Crippen LogP contribution in [0.25, 0.3) is 10.9 Å². The summed E-state index contributed by atoms with van der Waals surface area (Å²) in [5.74, 6) is -0.923.